The molecule has 0 fully saturated rings. The summed E-state index contributed by atoms with van der Waals surface area (Å²) >= 11 is 0. The average molecular weight is 292 g/mol. The highest BCUT2D eigenvalue weighted by atomic mass is 16.7. The van der Waals surface area contributed by atoms with Crippen molar-refractivity contribution in [3.8, 4) is 11.5 Å². The fraction of sp³-hybridized carbons (Fsp3) is 0.222. The van der Waals surface area contributed by atoms with Crippen molar-refractivity contribution in [1.29, 1.82) is 0 Å². The summed E-state index contributed by atoms with van der Waals surface area (Å²) in [7, 11) is 0. The summed E-state index contributed by atoms with van der Waals surface area (Å²) in [6.45, 7) is 0.333. The van der Waals surface area contributed by atoms with E-state index in [0.717, 1.165) is 35.5 Å². The molecular formula is C18H16N2O2. The van der Waals surface area contributed by atoms with Crippen molar-refractivity contribution in [1.82, 2.24) is 4.98 Å². The van der Waals surface area contributed by atoms with Gasteiger partial charge in [-0.05, 0) is 59.7 Å². The number of hydrogen-bond donors (Lipinski definition) is 2. The van der Waals surface area contributed by atoms with E-state index in [-0.39, 0.29) is 0 Å². The number of aromatic nitrogens is 1. The van der Waals surface area contributed by atoms with Gasteiger partial charge in [-0.1, -0.05) is 6.07 Å². The van der Waals surface area contributed by atoms with Crippen LogP contribution in [0.1, 0.15) is 23.6 Å². The van der Waals surface area contributed by atoms with Crippen molar-refractivity contribution in [3.63, 3.8) is 0 Å². The Morgan fingerprint density at radius 1 is 1.05 bits per heavy atom. The Morgan fingerprint density at radius 3 is 2.91 bits per heavy atom. The lowest BCUT2D eigenvalue weighted by atomic mass is 10.1. The third-order valence-corrected chi connectivity index (χ3v) is 4.61. The quantitative estimate of drug-likeness (QED) is 0.750. The zero-order chi connectivity index (χ0) is 14.5. The first-order valence-electron chi connectivity index (χ1n) is 7.63. The zero-order valence-electron chi connectivity index (χ0n) is 12.1. The van der Waals surface area contributed by atoms with Gasteiger partial charge >= 0.3 is 0 Å². The maximum atomic E-state index is 5.51. The molecular weight excluding hydrogens is 276 g/mol. The lowest BCUT2D eigenvalue weighted by Gasteiger charge is -2.16. The van der Waals surface area contributed by atoms with Gasteiger partial charge in [0.1, 0.15) is 0 Å². The minimum Gasteiger partial charge on any atom is -0.454 e. The van der Waals surface area contributed by atoms with E-state index in [1.54, 1.807) is 0 Å². The Balaban J connectivity index is 1.48. The number of rotatable bonds is 2. The Bertz CT molecular complexity index is 869. The van der Waals surface area contributed by atoms with Gasteiger partial charge in [-0.25, -0.2) is 0 Å². The summed E-state index contributed by atoms with van der Waals surface area (Å²) in [5.74, 6) is 1.75. The van der Waals surface area contributed by atoms with E-state index < -0.39 is 0 Å². The van der Waals surface area contributed by atoms with Crippen molar-refractivity contribution in [2.45, 2.75) is 18.9 Å². The van der Waals surface area contributed by atoms with E-state index in [9.17, 15) is 0 Å². The van der Waals surface area contributed by atoms with Gasteiger partial charge in [-0.3, -0.25) is 0 Å². The minimum absolute atomic E-state index is 0.330. The Hall–Kier alpha value is -2.62. The normalized spacial score (nSPS) is 18.6. The lowest BCUT2D eigenvalue weighted by molar-refractivity contribution is 0.174. The van der Waals surface area contributed by atoms with Gasteiger partial charge in [0.25, 0.3) is 0 Å². The van der Waals surface area contributed by atoms with Crippen LogP contribution < -0.4 is 14.8 Å². The molecule has 2 heterocycles. The molecule has 0 spiro atoms. The number of hydrogen-bond acceptors (Lipinski definition) is 3. The summed E-state index contributed by atoms with van der Waals surface area (Å²) in [5, 5.41) is 4.89. The zero-order valence-corrected chi connectivity index (χ0v) is 12.1. The number of H-pyrrole nitrogens is 1. The molecule has 1 unspecified atom stereocenters. The smallest absolute Gasteiger partial charge is 0.231 e. The Morgan fingerprint density at radius 2 is 1.95 bits per heavy atom. The molecule has 1 aliphatic carbocycles. The highest BCUT2D eigenvalue weighted by Crippen LogP contribution is 2.42. The van der Waals surface area contributed by atoms with E-state index in [2.05, 4.69) is 46.7 Å². The standard InChI is InChI=1S/C18H16N2O2/c1-3-13(8-16-11(1)5-6-19-16)20-15-4-2-12-7-17-18(9-14(12)15)22-10-21-17/h1,3,5-9,15,19-20H,2,4,10H2. The monoisotopic (exact) mass is 292 g/mol. The molecule has 2 aromatic carbocycles. The SMILES string of the molecule is c1cc2ccc(NC3CCc4cc5c(cc43)OCO5)cc2[nH]1. The third kappa shape index (κ3) is 1.77. The number of aromatic amines is 1. The van der Waals surface area contributed by atoms with Gasteiger partial charge in [-0.15, -0.1) is 0 Å². The average Bonchev–Trinajstić information content (AvgIpc) is 3.24. The second kappa shape index (κ2) is 4.44. The second-order valence-electron chi connectivity index (χ2n) is 5.92. The summed E-state index contributed by atoms with van der Waals surface area (Å²) in [4.78, 5) is 3.26. The first-order chi connectivity index (χ1) is 10.9. The van der Waals surface area contributed by atoms with E-state index in [4.69, 9.17) is 9.47 Å². The molecule has 0 amide bonds. The highest BCUT2D eigenvalue weighted by Gasteiger charge is 2.26. The number of ether oxygens (including phenoxy) is 2. The largest absolute Gasteiger partial charge is 0.454 e. The maximum absolute atomic E-state index is 5.51. The van der Waals surface area contributed by atoms with Crippen molar-refractivity contribution < 1.29 is 9.47 Å². The number of benzene rings is 2. The molecule has 22 heavy (non-hydrogen) atoms. The van der Waals surface area contributed by atoms with Crippen molar-refractivity contribution in [3.05, 3.63) is 53.7 Å². The van der Waals surface area contributed by atoms with Crippen LogP contribution in [-0.4, -0.2) is 11.8 Å². The minimum atomic E-state index is 0.330. The highest BCUT2D eigenvalue weighted by molar-refractivity contribution is 5.82. The van der Waals surface area contributed by atoms with Crippen LogP contribution in [0, 0.1) is 0 Å². The van der Waals surface area contributed by atoms with Crippen LogP contribution in [0.5, 0.6) is 11.5 Å². The molecule has 2 aliphatic rings. The summed E-state index contributed by atoms with van der Waals surface area (Å²) < 4.78 is 11.0. The summed E-state index contributed by atoms with van der Waals surface area (Å²) in [6.07, 6.45) is 4.15. The second-order valence-corrected chi connectivity index (χ2v) is 5.92. The van der Waals surface area contributed by atoms with Gasteiger partial charge in [-0.2, -0.15) is 0 Å². The van der Waals surface area contributed by atoms with Crippen LogP contribution in [0.25, 0.3) is 10.9 Å². The van der Waals surface area contributed by atoms with E-state index in [0.29, 0.717) is 12.8 Å². The third-order valence-electron chi connectivity index (χ3n) is 4.61. The van der Waals surface area contributed by atoms with Crippen molar-refractivity contribution >= 4 is 16.6 Å². The number of aryl methyl sites for hydroxylation is 1. The van der Waals surface area contributed by atoms with E-state index >= 15 is 0 Å². The topological polar surface area (TPSA) is 46.3 Å². The lowest BCUT2D eigenvalue weighted by Crippen LogP contribution is -2.07. The first-order valence-corrected chi connectivity index (χ1v) is 7.63. The fourth-order valence-corrected chi connectivity index (χ4v) is 3.48. The molecule has 0 saturated heterocycles. The van der Waals surface area contributed by atoms with Gasteiger partial charge in [0.05, 0.1) is 6.04 Å². The van der Waals surface area contributed by atoms with Crippen LogP contribution in [0.2, 0.25) is 0 Å². The van der Waals surface area contributed by atoms with Crippen molar-refractivity contribution in [2.24, 2.45) is 0 Å². The molecule has 4 heteroatoms. The van der Waals surface area contributed by atoms with Crippen LogP contribution in [0.3, 0.4) is 0 Å². The predicted octanol–water partition coefficient (Wildman–Crippen LogP) is 4.00. The van der Waals surface area contributed by atoms with Crippen LogP contribution in [-0.2, 0) is 6.42 Å². The summed E-state index contributed by atoms with van der Waals surface area (Å²) in [6, 6.07) is 13.1. The first kappa shape index (κ1) is 12.0. The molecule has 1 atom stereocenters. The van der Waals surface area contributed by atoms with Crippen LogP contribution in [0.4, 0.5) is 5.69 Å². The molecule has 5 rings (SSSR count). The molecule has 2 N–H and O–H groups in total. The van der Waals surface area contributed by atoms with Gasteiger partial charge in [0, 0.05) is 17.4 Å². The van der Waals surface area contributed by atoms with E-state index in [1.807, 2.05) is 6.20 Å². The van der Waals surface area contributed by atoms with E-state index in [1.165, 1.54) is 16.5 Å². The molecule has 1 aromatic heterocycles. The molecule has 110 valence electrons. The summed E-state index contributed by atoms with van der Waals surface area (Å²) in [5.41, 5.74) is 5.00. The van der Waals surface area contributed by atoms with Gasteiger partial charge in [0.2, 0.25) is 6.79 Å². The maximum Gasteiger partial charge on any atom is 0.231 e. The Labute approximate surface area is 128 Å². The number of fused-ring (bicyclic) bond motifs is 3. The van der Waals surface area contributed by atoms with Gasteiger partial charge in [0.15, 0.2) is 11.5 Å². The molecule has 1 aliphatic heterocycles. The predicted molar refractivity (Wildman–Crippen MR) is 85.5 cm³/mol. The van der Waals surface area contributed by atoms with Crippen molar-refractivity contribution in [2.75, 3.05) is 12.1 Å². The Kier molecular flexibility index (Phi) is 2.41. The molecule has 0 saturated carbocycles. The number of anilines is 1. The molecule has 0 radical (unpaired) electrons. The molecule has 3 aromatic rings. The van der Waals surface area contributed by atoms with Gasteiger partial charge < -0.3 is 19.8 Å². The molecule has 0 bridgehead atoms. The number of nitrogens with one attached hydrogen (secondary N) is 2. The molecule has 4 nitrogen and oxygen atoms in total. The van der Waals surface area contributed by atoms with Crippen LogP contribution in [0.15, 0.2) is 42.6 Å². The fourth-order valence-electron chi connectivity index (χ4n) is 3.48. The van der Waals surface area contributed by atoms with Crippen LogP contribution >= 0.6 is 0 Å².